The van der Waals surface area contributed by atoms with E-state index in [0.29, 0.717) is 13.0 Å². The predicted molar refractivity (Wildman–Crippen MR) is 76.4 cm³/mol. The molecule has 0 bridgehead atoms. The Morgan fingerprint density at radius 2 is 2.15 bits per heavy atom. The molecular weight excluding hydrogens is 278 g/mol. The fourth-order valence-corrected chi connectivity index (χ4v) is 3.09. The number of carbonyl (C=O) groups excluding carboxylic acids is 1. The van der Waals surface area contributed by atoms with Gasteiger partial charge in [-0.15, -0.1) is 0 Å². The van der Waals surface area contributed by atoms with Gasteiger partial charge in [-0.05, 0) is 13.0 Å². The number of hydrogen-bond donors (Lipinski definition) is 1. The molecule has 1 aromatic carbocycles. The van der Waals surface area contributed by atoms with Crippen molar-refractivity contribution in [3.8, 4) is 5.75 Å². The van der Waals surface area contributed by atoms with Crippen molar-refractivity contribution in [3.05, 3.63) is 29.8 Å². The van der Waals surface area contributed by atoms with Crippen molar-refractivity contribution in [2.75, 3.05) is 12.4 Å². The fraction of sp³-hybridized carbons (Fsp3) is 0.500. The highest BCUT2D eigenvalue weighted by molar-refractivity contribution is 7.92. The first-order chi connectivity index (χ1) is 9.45. The van der Waals surface area contributed by atoms with Gasteiger partial charge in [-0.3, -0.25) is 4.79 Å². The Balaban J connectivity index is 2.14. The van der Waals surface area contributed by atoms with Gasteiger partial charge in [-0.25, -0.2) is 8.42 Å². The number of nitrogens with one attached hydrogen (secondary N) is 1. The summed E-state index contributed by atoms with van der Waals surface area (Å²) in [5.74, 6) is 0.259. The van der Waals surface area contributed by atoms with Crippen molar-refractivity contribution < 1.29 is 17.9 Å². The lowest BCUT2D eigenvalue weighted by molar-refractivity contribution is -0.121. The lowest BCUT2D eigenvalue weighted by Gasteiger charge is -2.27. The smallest absolute Gasteiger partial charge is 0.238 e. The van der Waals surface area contributed by atoms with Gasteiger partial charge in [0.15, 0.2) is 9.84 Å². The van der Waals surface area contributed by atoms with Gasteiger partial charge < -0.3 is 10.1 Å². The number of hydrogen-bond acceptors (Lipinski definition) is 4. The van der Waals surface area contributed by atoms with Crippen LogP contribution in [0.4, 0.5) is 0 Å². The van der Waals surface area contributed by atoms with Crippen molar-refractivity contribution in [3.63, 3.8) is 0 Å². The number of sulfone groups is 1. The minimum absolute atomic E-state index is 0.0358. The summed E-state index contributed by atoms with van der Waals surface area (Å²) in [4.78, 5) is 12.1. The van der Waals surface area contributed by atoms with E-state index in [4.69, 9.17) is 4.74 Å². The second-order valence-electron chi connectivity index (χ2n) is 4.83. The van der Waals surface area contributed by atoms with Crippen LogP contribution >= 0.6 is 0 Å². The molecule has 0 saturated carbocycles. The molecule has 110 valence electrons. The summed E-state index contributed by atoms with van der Waals surface area (Å²) in [6.45, 7) is 3.49. The highest BCUT2D eigenvalue weighted by Crippen LogP contribution is 2.31. The van der Waals surface area contributed by atoms with Gasteiger partial charge in [0.2, 0.25) is 5.91 Å². The molecule has 5 nitrogen and oxygen atoms in total. The van der Waals surface area contributed by atoms with Crippen LogP contribution in [0.25, 0.3) is 0 Å². The Morgan fingerprint density at radius 3 is 2.85 bits per heavy atom. The molecule has 20 heavy (non-hydrogen) atoms. The summed E-state index contributed by atoms with van der Waals surface area (Å²) in [6, 6.07) is 7.28. The van der Waals surface area contributed by atoms with Crippen LogP contribution in [0, 0.1) is 0 Å². The first-order valence-corrected chi connectivity index (χ1v) is 8.41. The van der Waals surface area contributed by atoms with Gasteiger partial charge in [-0.1, -0.05) is 25.1 Å². The molecule has 0 aliphatic carbocycles. The molecule has 1 amide bonds. The van der Waals surface area contributed by atoms with E-state index in [0.717, 1.165) is 11.3 Å². The first kappa shape index (κ1) is 14.8. The zero-order valence-electron chi connectivity index (χ0n) is 11.6. The number of rotatable bonds is 4. The third-order valence-electron chi connectivity index (χ3n) is 3.59. The fourth-order valence-electron chi connectivity index (χ4n) is 2.19. The standard InChI is InChI=1S/C14H19NO4S/c1-3-20(17,18)10(2)14(16)15-12-8-9-19-13-7-5-4-6-11(12)13/h4-7,10,12H,3,8-9H2,1-2H3,(H,15,16). The summed E-state index contributed by atoms with van der Waals surface area (Å²) in [7, 11) is -3.37. The van der Waals surface area contributed by atoms with Crippen LogP contribution in [-0.4, -0.2) is 31.9 Å². The monoisotopic (exact) mass is 297 g/mol. The Morgan fingerprint density at radius 1 is 1.45 bits per heavy atom. The first-order valence-electron chi connectivity index (χ1n) is 6.69. The maximum atomic E-state index is 12.1. The summed E-state index contributed by atoms with van der Waals surface area (Å²) >= 11 is 0. The zero-order chi connectivity index (χ0) is 14.8. The van der Waals surface area contributed by atoms with Crippen LogP contribution in [0.2, 0.25) is 0 Å². The molecule has 2 unspecified atom stereocenters. The molecule has 1 aliphatic heterocycles. The van der Waals surface area contributed by atoms with Crippen LogP contribution in [0.5, 0.6) is 5.75 Å². The summed E-state index contributed by atoms with van der Waals surface area (Å²) < 4.78 is 29.0. The minimum atomic E-state index is -3.37. The van der Waals surface area contributed by atoms with E-state index < -0.39 is 21.0 Å². The molecule has 1 heterocycles. The topological polar surface area (TPSA) is 72.5 Å². The van der Waals surface area contributed by atoms with E-state index in [-0.39, 0.29) is 11.8 Å². The maximum absolute atomic E-state index is 12.1. The van der Waals surface area contributed by atoms with E-state index >= 15 is 0 Å². The second kappa shape index (κ2) is 5.83. The average Bonchev–Trinajstić information content (AvgIpc) is 2.46. The molecule has 6 heteroatoms. The van der Waals surface area contributed by atoms with Crippen LogP contribution in [0.3, 0.4) is 0 Å². The molecule has 1 aliphatic rings. The number of ether oxygens (including phenoxy) is 1. The quantitative estimate of drug-likeness (QED) is 0.913. The van der Waals surface area contributed by atoms with Gasteiger partial charge in [-0.2, -0.15) is 0 Å². The van der Waals surface area contributed by atoms with Crippen LogP contribution < -0.4 is 10.1 Å². The Bertz CT molecular complexity index is 597. The van der Waals surface area contributed by atoms with Gasteiger partial charge in [0, 0.05) is 17.7 Å². The molecule has 0 aromatic heterocycles. The number of para-hydroxylation sites is 1. The van der Waals surface area contributed by atoms with Crippen molar-refractivity contribution in [2.24, 2.45) is 0 Å². The van der Waals surface area contributed by atoms with Gasteiger partial charge in [0.05, 0.1) is 12.6 Å². The van der Waals surface area contributed by atoms with Crippen LogP contribution in [0.15, 0.2) is 24.3 Å². The predicted octanol–water partition coefficient (Wildman–Crippen LogP) is 1.45. The van der Waals surface area contributed by atoms with Crippen molar-refractivity contribution >= 4 is 15.7 Å². The highest BCUT2D eigenvalue weighted by Gasteiger charge is 2.30. The van der Waals surface area contributed by atoms with E-state index in [1.54, 1.807) is 6.92 Å². The molecule has 1 N–H and O–H groups in total. The largest absolute Gasteiger partial charge is 0.493 e. The number of benzene rings is 1. The molecule has 0 saturated heterocycles. The van der Waals surface area contributed by atoms with Gasteiger partial charge in [0.1, 0.15) is 11.0 Å². The molecule has 0 fully saturated rings. The maximum Gasteiger partial charge on any atom is 0.238 e. The summed E-state index contributed by atoms with van der Waals surface area (Å²) in [5.41, 5.74) is 0.896. The van der Waals surface area contributed by atoms with Crippen molar-refractivity contribution in [1.29, 1.82) is 0 Å². The van der Waals surface area contributed by atoms with E-state index in [2.05, 4.69) is 5.32 Å². The number of carbonyl (C=O) groups is 1. The Kier molecular flexibility index (Phi) is 4.32. The van der Waals surface area contributed by atoms with E-state index in [9.17, 15) is 13.2 Å². The molecule has 2 rings (SSSR count). The lowest BCUT2D eigenvalue weighted by Crippen LogP contribution is -2.41. The van der Waals surface area contributed by atoms with Crippen molar-refractivity contribution in [2.45, 2.75) is 31.6 Å². The molecule has 0 spiro atoms. The summed E-state index contributed by atoms with van der Waals surface area (Å²) in [6.07, 6.45) is 0.641. The number of amides is 1. The third kappa shape index (κ3) is 2.95. The SMILES string of the molecule is CCS(=O)(=O)C(C)C(=O)NC1CCOc2ccccc21. The third-order valence-corrected chi connectivity index (χ3v) is 5.68. The van der Waals surface area contributed by atoms with E-state index in [1.165, 1.54) is 6.92 Å². The van der Waals surface area contributed by atoms with Crippen LogP contribution in [-0.2, 0) is 14.6 Å². The minimum Gasteiger partial charge on any atom is -0.493 e. The van der Waals surface area contributed by atoms with E-state index in [1.807, 2.05) is 24.3 Å². The van der Waals surface area contributed by atoms with Crippen LogP contribution in [0.1, 0.15) is 31.9 Å². The second-order valence-corrected chi connectivity index (χ2v) is 7.44. The van der Waals surface area contributed by atoms with Gasteiger partial charge in [0.25, 0.3) is 0 Å². The average molecular weight is 297 g/mol. The molecule has 1 aromatic rings. The zero-order valence-corrected chi connectivity index (χ0v) is 12.4. The number of fused-ring (bicyclic) bond motifs is 1. The summed E-state index contributed by atoms with van der Waals surface area (Å²) in [5, 5.41) is 1.79. The Labute approximate surface area is 119 Å². The highest BCUT2D eigenvalue weighted by atomic mass is 32.2. The van der Waals surface area contributed by atoms with Gasteiger partial charge >= 0.3 is 0 Å². The lowest BCUT2D eigenvalue weighted by atomic mass is 10.0. The molecule has 2 atom stereocenters. The van der Waals surface area contributed by atoms with Crippen molar-refractivity contribution in [1.82, 2.24) is 5.32 Å². The normalized spacial score (nSPS) is 19.6. The molecule has 0 radical (unpaired) electrons. The molecular formula is C14H19NO4S. The Hall–Kier alpha value is -1.56.